The van der Waals surface area contributed by atoms with Crippen LogP contribution < -0.4 is 0 Å². The van der Waals surface area contributed by atoms with Crippen molar-refractivity contribution < 1.29 is 9.32 Å². The smallest absolute Gasteiger partial charge is 0.223 e. The van der Waals surface area contributed by atoms with Crippen molar-refractivity contribution in [3.8, 4) is 0 Å². The Morgan fingerprint density at radius 2 is 2.04 bits per heavy atom. The number of carbonyl (C=O) groups is 1. The molecule has 3 heterocycles. The molecule has 5 heteroatoms. The fourth-order valence-corrected chi connectivity index (χ4v) is 4.62. The lowest BCUT2D eigenvalue weighted by molar-refractivity contribution is -0.132. The zero-order chi connectivity index (χ0) is 16.7. The Morgan fingerprint density at radius 3 is 2.75 bits per heavy atom. The maximum Gasteiger partial charge on any atom is 0.223 e. The second-order valence-electron chi connectivity index (χ2n) is 8.10. The highest BCUT2D eigenvalue weighted by Crippen LogP contribution is 2.41. The van der Waals surface area contributed by atoms with Gasteiger partial charge in [0.25, 0.3) is 0 Å². The van der Waals surface area contributed by atoms with Gasteiger partial charge in [0, 0.05) is 30.6 Å². The van der Waals surface area contributed by atoms with Gasteiger partial charge in [0.05, 0.1) is 12.2 Å². The Bertz CT molecular complexity index is 603. The van der Waals surface area contributed by atoms with Crippen LogP contribution in [0.5, 0.6) is 0 Å². The Morgan fingerprint density at radius 1 is 1.21 bits per heavy atom. The van der Waals surface area contributed by atoms with Gasteiger partial charge in [-0.3, -0.25) is 4.79 Å². The summed E-state index contributed by atoms with van der Waals surface area (Å²) in [6.07, 6.45) is 8.02. The second-order valence-corrected chi connectivity index (χ2v) is 8.10. The van der Waals surface area contributed by atoms with Crippen LogP contribution in [0.2, 0.25) is 0 Å². The number of rotatable bonds is 4. The molecule has 2 aliphatic heterocycles. The summed E-state index contributed by atoms with van der Waals surface area (Å²) in [7, 11) is 0. The number of nitrogens with zero attached hydrogens (tertiary/aromatic N) is 3. The molecule has 1 atom stereocenters. The fraction of sp³-hybridized carbons (Fsp3) is 0.789. The van der Waals surface area contributed by atoms with E-state index in [-0.39, 0.29) is 5.54 Å². The van der Waals surface area contributed by atoms with Crippen LogP contribution in [0.3, 0.4) is 0 Å². The third-order valence-corrected chi connectivity index (χ3v) is 6.40. The molecule has 1 amide bonds. The average molecular weight is 331 g/mol. The van der Waals surface area contributed by atoms with E-state index in [2.05, 4.69) is 15.0 Å². The third kappa shape index (κ3) is 2.99. The van der Waals surface area contributed by atoms with E-state index in [1.165, 1.54) is 32.4 Å². The van der Waals surface area contributed by atoms with Crippen LogP contribution >= 0.6 is 0 Å². The molecule has 0 unspecified atom stereocenters. The summed E-state index contributed by atoms with van der Waals surface area (Å²) in [5.74, 6) is 2.11. The molecule has 132 valence electrons. The van der Waals surface area contributed by atoms with E-state index < -0.39 is 0 Å². The van der Waals surface area contributed by atoms with E-state index in [4.69, 9.17) is 4.52 Å². The van der Waals surface area contributed by atoms with Gasteiger partial charge in [0.2, 0.25) is 5.91 Å². The summed E-state index contributed by atoms with van der Waals surface area (Å²) >= 11 is 0. The Balaban J connectivity index is 1.50. The zero-order valence-electron chi connectivity index (χ0n) is 15.0. The van der Waals surface area contributed by atoms with Crippen molar-refractivity contribution >= 4 is 5.91 Å². The lowest BCUT2D eigenvalue weighted by Gasteiger charge is -2.38. The van der Waals surface area contributed by atoms with Gasteiger partial charge >= 0.3 is 0 Å². The molecule has 0 bridgehead atoms. The van der Waals surface area contributed by atoms with Crippen molar-refractivity contribution in [2.45, 2.75) is 70.9 Å². The summed E-state index contributed by atoms with van der Waals surface area (Å²) in [6, 6.07) is 0. The van der Waals surface area contributed by atoms with Crippen LogP contribution in [0, 0.1) is 19.8 Å². The molecule has 0 radical (unpaired) electrons. The monoisotopic (exact) mass is 331 g/mol. The zero-order valence-corrected chi connectivity index (χ0v) is 15.0. The van der Waals surface area contributed by atoms with E-state index in [0.29, 0.717) is 18.9 Å². The average Bonchev–Trinajstić information content (AvgIpc) is 3.29. The number of aromatic nitrogens is 1. The topological polar surface area (TPSA) is 49.6 Å². The number of hydrogen-bond acceptors (Lipinski definition) is 4. The molecule has 1 saturated carbocycles. The molecule has 24 heavy (non-hydrogen) atoms. The van der Waals surface area contributed by atoms with Gasteiger partial charge in [0.15, 0.2) is 0 Å². The molecule has 1 aliphatic carbocycles. The summed E-state index contributed by atoms with van der Waals surface area (Å²) in [5, 5.41) is 4.07. The van der Waals surface area contributed by atoms with Crippen LogP contribution in [0.4, 0.5) is 0 Å². The predicted molar refractivity (Wildman–Crippen MR) is 91.5 cm³/mol. The molecule has 3 fully saturated rings. The highest BCUT2D eigenvalue weighted by Gasteiger charge is 2.46. The normalized spacial score (nSPS) is 28.8. The molecule has 5 nitrogen and oxygen atoms in total. The first kappa shape index (κ1) is 16.1. The molecule has 0 aromatic carbocycles. The fourth-order valence-electron chi connectivity index (χ4n) is 4.62. The van der Waals surface area contributed by atoms with Crippen molar-refractivity contribution in [1.29, 1.82) is 0 Å². The molecule has 3 aliphatic rings. The van der Waals surface area contributed by atoms with Gasteiger partial charge < -0.3 is 14.3 Å². The molecular weight excluding hydrogens is 302 g/mol. The van der Waals surface area contributed by atoms with Crippen molar-refractivity contribution in [1.82, 2.24) is 15.0 Å². The third-order valence-electron chi connectivity index (χ3n) is 6.40. The van der Waals surface area contributed by atoms with E-state index in [1.807, 2.05) is 13.8 Å². The Kier molecular flexibility index (Phi) is 4.15. The van der Waals surface area contributed by atoms with Crippen molar-refractivity contribution in [2.24, 2.45) is 5.92 Å². The predicted octanol–water partition coefficient (Wildman–Crippen LogP) is 3.05. The minimum absolute atomic E-state index is 0.0610. The lowest BCUT2D eigenvalue weighted by Crippen LogP contribution is -2.46. The first-order chi connectivity index (χ1) is 11.6. The first-order valence-corrected chi connectivity index (χ1v) is 9.52. The van der Waals surface area contributed by atoms with Gasteiger partial charge in [-0.15, -0.1) is 0 Å². The maximum absolute atomic E-state index is 12.6. The molecule has 1 spiro atoms. The Hall–Kier alpha value is -1.36. The van der Waals surface area contributed by atoms with E-state index in [9.17, 15) is 4.79 Å². The van der Waals surface area contributed by atoms with E-state index >= 15 is 0 Å². The first-order valence-electron chi connectivity index (χ1n) is 9.52. The highest BCUT2D eigenvalue weighted by atomic mass is 16.5. The van der Waals surface area contributed by atoms with Crippen LogP contribution in [0.25, 0.3) is 0 Å². The SMILES string of the molecule is Cc1noc(C)c1CN1C(=O)CC[C@@]12CCCN(CC1CC1)CC2. The minimum Gasteiger partial charge on any atom is -0.361 e. The number of amides is 1. The van der Waals surface area contributed by atoms with Crippen LogP contribution in [-0.2, 0) is 11.3 Å². The standard InChI is InChI=1S/C19H29N3O2/c1-14-17(15(2)24-20-14)13-22-18(23)6-8-19(22)7-3-10-21(11-9-19)12-16-4-5-16/h16H,3-13H2,1-2H3/t19-/m1/s1. The second kappa shape index (κ2) is 6.17. The molecule has 1 aromatic heterocycles. The molecule has 4 rings (SSSR count). The van der Waals surface area contributed by atoms with Crippen LogP contribution in [0.1, 0.15) is 62.0 Å². The number of carbonyl (C=O) groups excluding carboxylic acids is 1. The van der Waals surface area contributed by atoms with Gasteiger partial charge in [-0.05, 0) is 64.8 Å². The number of aryl methyl sites for hydroxylation is 2. The number of hydrogen-bond donors (Lipinski definition) is 0. The highest BCUT2D eigenvalue weighted by molar-refractivity contribution is 5.79. The molecule has 2 saturated heterocycles. The largest absolute Gasteiger partial charge is 0.361 e. The number of likely N-dealkylation sites (tertiary alicyclic amines) is 2. The Labute approximate surface area is 144 Å². The van der Waals surface area contributed by atoms with Crippen molar-refractivity contribution in [2.75, 3.05) is 19.6 Å². The van der Waals surface area contributed by atoms with Crippen molar-refractivity contribution in [3.05, 3.63) is 17.0 Å². The molecule has 0 N–H and O–H groups in total. The summed E-state index contributed by atoms with van der Waals surface area (Å²) in [6.45, 7) is 8.21. The summed E-state index contributed by atoms with van der Waals surface area (Å²) in [5.41, 5.74) is 2.08. The van der Waals surface area contributed by atoms with Crippen molar-refractivity contribution in [3.63, 3.8) is 0 Å². The van der Waals surface area contributed by atoms with E-state index in [0.717, 1.165) is 48.7 Å². The lowest BCUT2D eigenvalue weighted by atomic mass is 9.87. The molecule has 1 aromatic rings. The van der Waals surface area contributed by atoms with Gasteiger partial charge in [-0.2, -0.15) is 0 Å². The van der Waals surface area contributed by atoms with Gasteiger partial charge in [-0.1, -0.05) is 5.16 Å². The minimum atomic E-state index is 0.0610. The van der Waals surface area contributed by atoms with Gasteiger partial charge in [0.1, 0.15) is 5.76 Å². The van der Waals surface area contributed by atoms with Crippen LogP contribution in [0.15, 0.2) is 4.52 Å². The maximum atomic E-state index is 12.6. The van der Waals surface area contributed by atoms with Gasteiger partial charge in [-0.25, -0.2) is 0 Å². The summed E-state index contributed by atoms with van der Waals surface area (Å²) < 4.78 is 5.31. The quantitative estimate of drug-likeness (QED) is 0.851. The summed E-state index contributed by atoms with van der Waals surface area (Å²) in [4.78, 5) is 17.4. The van der Waals surface area contributed by atoms with E-state index in [1.54, 1.807) is 0 Å². The molecular formula is C19H29N3O2. The van der Waals surface area contributed by atoms with Crippen LogP contribution in [-0.4, -0.2) is 46.0 Å².